The number of nitrogens with one attached hydrogen (secondary N) is 1. The minimum Gasteiger partial charge on any atom is -0.322 e. The molecule has 0 saturated carbocycles. The maximum atomic E-state index is 12.4. The van der Waals surface area contributed by atoms with Gasteiger partial charge in [-0.25, -0.2) is 0 Å². The number of rotatable bonds is 6. The standard InChI is InChI=1S/C22H19N5OS/c1-16-7-13-19(14-8-16)23-21(28)18-11-9-17(10-12-18)15-29-22-24-25-26-27(22)20-5-3-2-4-6-20/h2-14H,15H2,1H3,(H,23,28). The third-order valence-electron chi connectivity index (χ3n) is 4.34. The molecule has 1 amide bonds. The highest BCUT2D eigenvalue weighted by Crippen LogP contribution is 2.22. The number of para-hydroxylation sites is 1. The summed E-state index contributed by atoms with van der Waals surface area (Å²) < 4.78 is 1.72. The van der Waals surface area contributed by atoms with Gasteiger partial charge in [-0.2, -0.15) is 4.68 Å². The van der Waals surface area contributed by atoms with Gasteiger partial charge in [-0.1, -0.05) is 59.8 Å². The van der Waals surface area contributed by atoms with Gasteiger partial charge in [-0.3, -0.25) is 4.79 Å². The van der Waals surface area contributed by atoms with Gasteiger partial charge in [-0.15, -0.1) is 5.10 Å². The average molecular weight is 401 g/mol. The first-order valence-electron chi connectivity index (χ1n) is 9.12. The Morgan fingerprint density at radius 3 is 2.41 bits per heavy atom. The van der Waals surface area contributed by atoms with Gasteiger partial charge < -0.3 is 5.32 Å². The van der Waals surface area contributed by atoms with Crippen molar-refractivity contribution in [2.75, 3.05) is 5.32 Å². The highest BCUT2D eigenvalue weighted by molar-refractivity contribution is 7.98. The summed E-state index contributed by atoms with van der Waals surface area (Å²) in [5, 5.41) is 15.6. The summed E-state index contributed by atoms with van der Waals surface area (Å²) in [5.41, 5.74) is 4.57. The molecule has 0 fully saturated rings. The van der Waals surface area contributed by atoms with Crippen molar-refractivity contribution in [2.24, 2.45) is 0 Å². The number of tetrazole rings is 1. The zero-order valence-corrected chi connectivity index (χ0v) is 16.6. The number of amides is 1. The molecule has 0 atom stereocenters. The summed E-state index contributed by atoms with van der Waals surface area (Å²) in [6.45, 7) is 2.01. The normalized spacial score (nSPS) is 10.7. The van der Waals surface area contributed by atoms with Crippen LogP contribution in [-0.4, -0.2) is 26.1 Å². The molecule has 0 aliphatic carbocycles. The summed E-state index contributed by atoms with van der Waals surface area (Å²) in [5.74, 6) is 0.577. The molecule has 0 bridgehead atoms. The SMILES string of the molecule is Cc1ccc(NC(=O)c2ccc(CSc3nnnn3-c3ccccc3)cc2)cc1. The summed E-state index contributed by atoms with van der Waals surface area (Å²) in [4.78, 5) is 12.4. The van der Waals surface area contributed by atoms with Crippen molar-refractivity contribution in [1.82, 2.24) is 20.2 Å². The summed E-state index contributed by atoms with van der Waals surface area (Å²) >= 11 is 1.55. The zero-order valence-electron chi connectivity index (χ0n) is 15.8. The number of thioether (sulfide) groups is 1. The first-order valence-corrected chi connectivity index (χ1v) is 10.1. The minimum atomic E-state index is -0.124. The third-order valence-corrected chi connectivity index (χ3v) is 5.33. The molecular weight excluding hydrogens is 382 g/mol. The topological polar surface area (TPSA) is 72.7 Å². The van der Waals surface area contributed by atoms with E-state index < -0.39 is 0 Å². The Labute approximate surface area is 173 Å². The van der Waals surface area contributed by atoms with E-state index >= 15 is 0 Å². The van der Waals surface area contributed by atoms with Crippen LogP contribution in [0.15, 0.2) is 84.0 Å². The second kappa shape index (κ2) is 8.70. The molecule has 7 heteroatoms. The second-order valence-corrected chi connectivity index (χ2v) is 7.46. The van der Waals surface area contributed by atoms with Crippen LogP contribution in [0.4, 0.5) is 5.69 Å². The molecule has 4 rings (SSSR count). The predicted molar refractivity (Wildman–Crippen MR) is 114 cm³/mol. The molecule has 0 aliphatic rings. The van der Waals surface area contributed by atoms with Gasteiger partial charge in [-0.05, 0) is 59.3 Å². The summed E-state index contributed by atoms with van der Waals surface area (Å²) in [6.07, 6.45) is 0. The smallest absolute Gasteiger partial charge is 0.255 e. The number of aryl methyl sites for hydroxylation is 1. The van der Waals surface area contributed by atoms with E-state index in [0.29, 0.717) is 11.3 Å². The Kier molecular flexibility index (Phi) is 5.67. The molecule has 1 heterocycles. The molecule has 0 unspecified atom stereocenters. The van der Waals surface area contributed by atoms with Crippen molar-refractivity contribution in [3.8, 4) is 5.69 Å². The van der Waals surface area contributed by atoms with Crippen molar-refractivity contribution in [3.63, 3.8) is 0 Å². The van der Waals surface area contributed by atoms with E-state index in [4.69, 9.17) is 0 Å². The van der Waals surface area contributed by atoms with Crippen LogP contribution < -0.4 is 5.32 Å². The number of hydrogen-bond acceptors (Lipinski definition) is 5. The van der Waals surface area contributed by atoms with Gasteiger partial charge in [0.05, 0.1) is 5.69 Å². The lowest BCUT2D eigenvalue weighted by Crippen LogP contribution is -2.11. The lowest BCUT2D eigenvalue weighted by Gasteiger charge is -2.07. The van der Waals surface area contributed by atoms with E-state index in [1.165, 1.54) is 0 Å². The molecule has 4 aromatic rings. The number of carbonyl (C=O) groups is 1. The monoisotopic (exact) mass is 401 g/mol. The quantitative estimate of drug-likeness (QED) is 0.481. The van der Waals surface area contributed by atoms with Crippen molar-refractivity contribution in [2.45, 2.75) is 17.8 Å². The maximum Gasteiger partial charge on any atom is 0.255 e. The highest BCUT2D eigenvalue weighted by atomic mass is 32.2. The Morgan fingerprint density at radius 2 is 1.69 bits per heavy atom. The van der Waals surface area contributed by atoms with Crippen molar-refractivity contribution in [3.05, 3.63) is 95.6 Å². The fourth-order valence-electron chi connectivity index (χ4n) is 2.74. The molecule has 29 heavy (non-hydrogen) atoms. The number of aromatic nitrogens is 4. The number of benzene rings is 3. The molecule has 144 valence electrons. The summed E-state index contributed by atoms with van der Waals surface area (Å²) in [7, 11) is 0. The molecule has 6 nitrogen and oxygen atoms in total. The Morgan fingerprint density at radius 1 is 0.966 bits per heavy atom. The van der Waals surface area contributed by atoms with Crippen LogP contribution in [0.5, 0.6) is 0 Å². The first-order chi connectivity index (χ1) is 14.2. The number of anilines is 1. The lowest BCUT2D eigenvalue weighted by atomic mass is 10.1. The minimum absolute atomic E-state index is 0.124. The van der Waals surface area contributed by atoms with Gasteiger partial charge in [0.2, 0.25) is 5.16 Å². The lowest BCUT2D eigenvalue weighted by molar-refractivity contribution is 0.102. The van der Waals surface area contributed by atoms with Gasteiger partial charge in [0, 0.05) is 17.0 Å². The van der Waals surface area contributed by atoms with E-state index in [1.807, 2.05) is 85.8 Å². The maximum absolute atomic E-state index is 12.4. The zero-order chi connectivity index (χ0) is 20.1. The molecular formula is C22H19N5OS. The Balaban J connectivity index is 1.38. The van der Waals surface area contributed by atoms with Crippen LogP contribution in [0.25, 0.3) is 5.69 Å². The molecule has 0 spiro atoms. The number of nitrogens with zero attached hydrogens (tertiary/aromatic N) is 4. The van der Waals surface area contributed by atoms with Crippen LogP contribution in [0.3, 0.4) is 0 Å². The Hall–Kier alpha value is -3.45. The van der Waals surface area contributed by atoms with Crippen LogP contribution >= 0.6 is 11.8 Å². The van der Waals surface area contributed by atoms with E-state index in [-0.39, 0.29) is 5.91 Å². The molecule has 0 radical (unpaired) electrons. The van der Waals surface area contributed by atoms with Gasteiger partial charge >= 0.3 is 0 Å². The molecule has 0 aliphatic heterocycles. The van der Waals surface area contributed by atoms with Crippen molar-refractivity contribution >= 4 is 23.4 Å². The van der Waals surface area contributed by atoms with Crippen molar-refractivity contribution in [1.29, 1.82) is 0 Å². The Bertz CT molecular complexity index is 1090. The van der Waals surface area contributed by atoms with Gasteiger partial charge in [0.25, 0.3) is 5.91 Å². The van der Waals surface area contributed by atoms with Crippen LogP contribution in [0.2, 0.25) is 0 Å². The number of carbonyl (C=O) groups excluding carboxylic acids is 1. The second-order valence-electron chi connectivity index (χ2n) is 6.51. The van der Waals surface area contributed by atoms with Crippen LogP contribution in [0, 0.1) is 6.92 Å². The largest absolute Gasteiger partial charge is 0.322 e. The fourth-order valence-corrected chi connectivity index (χ4v) is 3.59. The van der Waals surface area contributed by atoms with E-state index in [9.17, 15) is 4.79 Å². The highest BCUT2D eigenvalue weighted by Gasteiger charge is 2.10. The molecule has 1 N–H and O–H groups in total. The van der Waals surface area contributed by atoms with Gasteiger partial charge in [0.15, 0.2) is 0 Å². The average Bonchev–Trinajstić information content (AvgIpc) is 3.23. The van der Waals surface area contributed by atoms with Crippen LogP contribution in [0.1, 0.15) is 21.5 Å². The van der Waals surface area contributed by atoms with Crippen molar-refractivity contribution < 1.29 is 4.79 Å². The fraction of sp³-hybridized carbons (Fsp3) is 0.0909. The van der Waals surface area contributed by atoms with E-state index in [1.54, 1.807) is 16.4 Å². The molecule has 3 aromatic carbocycles. The molecule has 1 aromatic heterocycles. The number of hydrogen-bond donors (Lipinski definition) is 1. The van der Waals surface area contributed by atoms with E-state index in [2.05, 4.69) is 20.8 Å². The van der Waals surface area contributed by atoms with Crippen LogP contribution in [-0.2, 0) is 5.75 Å². The van der Waals surface area contributed by atoms with Gasteiger partial charge in [0.1, 0.15) is 0 Å². The predicted octanol–water partition coefficient (Wildman–Crippen LogP) is 4.52. The third kappa shape index (κ3) is 4.70. The summed E-state index contributed by atoms with van der Waals surface area (Å²) in [6, 6.07) is 25.1. The molecule has 0 saturated heterocycles. The van der Waals surface area contributed by atoms with E-state index in [0.717, 1.165) is 27.7 Å². The first kappa shape index (κ1) is 18.9.